The van der Waals surface area contributed by atoms with Crippen LogP contribution in [0.5, 0.6) is 0 Å². The minimum atomic E-state index is 0.362. The summed E-state index contributed by atoms with van der Waals surface area (Å²) in [5.74, 6) is 0.934. The summed E-state index contributed by atoms with van der Waals surface area (Å²) in [4.78, 5) is 11.2. The second kappa shape index (κ2) is 3.00. The summed E-state index contributed by atoms with van der Waals surface area (Å²) in [6, 6.07) is 0. The first-order chi connectivity index (χ1) is 4.74. The van der Waals surface area contributed by atoms with Crippen LogP contribution in [-0.4, -0.2) is 5.78 Å². The lowest BCUT2D eigenvalue weighted by atomic mass is 9.89. The van der Waals surface area contributed by atoms with Crippen molar-refractivity contribution < 1.29 is 4.79 Å². The molecule has 1 unspecified atom stereocenters. The summed E-state index contributed by atoms with van der Waals surface area (Å²) in [5.41, 5.74) is 1.04. The number of Topliss-reactive ketones (excluding diaryl/α,β-unsaturated/α-hetero) is 1. The van der Waals surface area contributed by atoms with Gasteiger partial charge in [0.15, 0.2) is 5.78 Å². The van der Waals surface area contributed by atoms with E-state index in [-0.39, 0.29) is 0 Å². The average Bonchev–Trinajstić information content (AvgIpc) is 1.88. The molecular weight excluding hydrogens is 124 g/mol. The lowest BCUT2D eigenvalue weighted by molar-refractivity contribution is -0.116. The van der Waals surface area contributed by atoms with Crippen LogP contribution in [0, 0.1) is 5.92 Å². The van der Waals surface area contributed by atoms with E-state index in [0.29, 0.717) is 11.7 Å². The van der Waals surface area contributed by atoms with Crippen molar-refractivity contribution >= 4 is 5.78 Å². The molecule has 56 valence electrons. The van der Waals surface area contributed by atoms with Crippen LogP contribution in [0.2, 0.25) is 0 Å². The molecule has 1 heteroatoms. The van der Waals surface area contributed by atoms with Gasteiger partial charge < -0.3 is 0 Å². The summed E-state index contributed by atoms with van der Waals surface area (Å²) in [7, 11) is 0. The van der Waals surface area contributed by atoms with Crippen molar-refractivity contribution in [3.63, 3.8) is 0 Å². The van der Waals surface area contributed by atoms with E-state index in [2.05, 4.69) is 13.0 Å². The molecule has 0 saturated carbocycles. The van der Waals surface area contributed by atoms with Crippen LogP contribution in [-0.2, 0) is 4.79 Å². The van der Waals surface area contributed by atoms with Crippen LogP contribution in [0.1, 0.15) is 33.1 Å². The van der Waals surface area contributed by atoms with Crippen LogP contribution < -0.4 is 0 Å². The van der Waals surface area contributed by atoms with E-state index in [1.807, 2.05) is 6.92 Å². The topological polar surface area (TPSA) is 17.1 Å². The van der Waals surface area contributed by atoms with Gasteiger partial charge in [-0.05, 0) is 24.3 Å². The zero-order chi connectivity index (χ0) is 7.56. The Morgan fingerprint density at radius 1 is 1.70 bits per heavy atom. The van der Waals surface area contributed by atoms with Crippen molar-refractivity contribution in [1.82, 2.24) is 0 Å². The van der Waals surface area contributed by atoms with Gasteiger partial charge in [-0.15, -0.1) is 0 Å². The van der Waals surface area contributed by atoms with Crippen LogP contribution in [0.3, 0.4) is 0 Å². The Bertz CT molecular complexity index is 168. The van der Waals surface area contributed by atoms with Crippen LogP contribution >= 0.6 is 0 Å². The molecule has 0 amide bonds. The molecular formula is C9H14O. The van der Waals surface area contributed by atoms with E-state index in [9.17, 15) is 4.79 Å². The number of rotatable bonds is 1. The van der Waals surface area contributed by atoms with Crippen LogP contribution in [0.15, 0.2) is 11.6 Å². The van der Waals surface area contributed by atoms with Crippen molar-refractivity contribution in [2.45, 2.75) is 33.1 Å². The van der Waals surface area contributed by atoms with E-state index in [1.165, 1.54) is 0 Å². The zero-order valence-electron chi connectivity index (χ0n) is 6.68. The van der Waals surface area contributed by atoms with Crippen molar-refractivity contribution in [3.05, 3.63) is 11.6 Å². The Hall–Kier alpha value is -0.590. The van der Waals surface area contributed by atoms with E-state index in [4.69, 9.17) is 0 Å². The lowest BCUT2D eigenvalue weighted by Crippen LogP contribution is -2.12. The van der Waals surface area contributed by atoms with Gasteiger partial charge in [0.25, 0.3) is 0 Å². The first-order valence-electron chi connectivity index (χ1n) is 3.96. The maximum absolute atomic E-state index is 11.2. The molecule has 10 heavy (non-hydrogen) atoms. The van der Waals surface area contributed by atoms with E-state index < -0.39 is 0 Å². The Labute approximate surface area is 62.1 Å². The van der Waals surface area contributed by atoms with Gasteiger partial charge in [0.2, 0.25) is 0 Å². The van der Waals surface area contributed by atoms with Crippen molar-refractivity contribution in [2.24, 2.45) is 5.92 Å². The summed E-state index contributed by atoms with van der Waals surface area (Å²) >= 11 is 0. The highest BCUT2D eigenvalue weighted by molar-refractivity contribution is 5.96. The second-order valence-corrected chi connectivity index (χ2v) is 3.05. The highest BCUT2D eigenvalue weighted by atomic mass is 16.1. The molecule has 0 aromatic carbocycles. The summed E-state index contributed by atoms with van der Waals surface area (Å²) in [5, 5.41) is 0. The molecule has 0 spiro atoms. The molecule has 1 nitrogen and oxygen atoms in total. The van der Waals surface area contributed by atoms with Gasteiger partial charge in [-0.25, -0.2) is 0 Å². The fraction of sp³-hybridized carbons (Fsp3) is 0.667. The number of carbonyl (C=O) groups excluding carboxylic acids is 1. The SMILES string of the molecule is CCC1=CCC(C)CC1=O. The largest absolute Gasteiger partial charge is 0.295 e. The van der Waals surface area contributed by atoms with Gasteiger partial charge in [-0.3, -0.25) is 4.79 Å². The maximum atomic E-state index is 11.2. The van der Waals surface area contributed by atoms with Gasteiger partial charge in [0.1, 0.15) is 0 Å². The Morgan fingerprint density at radius 2 is 2.40 bits per heavy atom. The minimum absolute atomic E-state index is 0.362. The summed E-state index contributed by atoms with van der Waals surface area (Å²) in [6.07, 6.45) is 4.86. The van der Waals surface area contributed by atoms with Gasteiger partial charge >= 0.3 is 0 Å². The molecule has 0 aromatic heterocycles. The molecule has 0 aliphatic heterocycles. The second-order valence-electron chi connectivity index (χ2n) is 3.05. The van der Waals surface area contributed by atoms with Gasteiger partial charge in [0.05, 0.1) is 0 Å². The highest BCUT2D eigenvalue weighted by Gasteiger charge is 2.16. The fourth-order valence-corrected chi connectivity index (χ4v) is 1.33. The molecule has 1 aliphatic carbocycles. The lowest BCUT2D eigenvalue weighted by Gasteiger charge is -2.15. The first-order valence-corrected chi connectivity index (χ1v) is 3.96. The number of hydrogen-bond donors (Lipinski definition) is 0. The molecule has 0 N–H and O–H groups in total. The standard InChI is InChI=1S/C9H14O/c1-3-8-5-4-7(2)6-9(8)10/h5,7H,3-4,6H2,1-2H3. The highest BCUT2D eigenvalue weighted by Crippen LogP contribution is 2.21. The quantitative estimate of drug-likeness (QED) is 0.543. The van der Waals surface area contributed by atoms with Crippen LogP contribution in [0.4, 0.5) is 0 Å². The predicted molar refractivity (Wildman–Crippen MR) is 41.8 cm³/mol. The smallest absolute Gasteiger partial charge is 0.158 e. The van der Waals surface area contributed by atoms with E-state index >= 15 is 0 Å². The van der Waals surface area contributed by atoms with Gasteiger partial charge in [-0.1, -0.05) is 19.9 Å². The zero-order valence-corrected chi connectivity index (χ0v) is 6.68. The van der Waals surface area contributed by atoms with Gasteiger partial charge in [-0.2, -0.15) is 0 Å². The molecule has 0 radical (unpaired) electrons. The summed E-state index contributed by atoms with van der Waals surface area (Å²) in [6.45, 7) is 4.17. The van der Waals surface area contributed by atoms with E-state index in [0.717, 1.165) is 24.8 Å². The van der Waals surface area contributed by atoms with Crippen molar-refractivity contribution in [3.8, 4) is 0 Å². The average molecular weight is 138 g/mol. The maximum Gasteiger partial charge on any atom is 0.158 e. The van der Waals surface area contributed by atoms with E-state index in [1.54, 1.807) is 0 Å². The Balaban J connectivity index is 2.66. The minimum Gasteiger partial charge on any atom is -0.295 e. The summed E-state index contributed by atoms with van der Waals surface area (Å²) < 4.78 is 0. The van der Waals surface area contributed by atoms with Crippen LogP contribution in [0.25, 0.3) is 0 Å². The third-order valence-corrected chi connectivity index (χ3v) is 2.04. The number of carbonyl (C=O) groups is 1. The first kappa shape index (κ1) is 7.52. The molecule has 1 aliphatic rings. The fourth-order valence-electron chi connectivity index (χ4n) is 1.33. The van der Waals surface area contributed by atoms with Gasteiger partial charge in [0, 0.05) is 6.42 Å². The molecule has 0 fully saturated rings. The number of hydrogen-bond acceptors (Lipinski definition) is 1. The molecule has 0 saturated heterocycles. The molecule has 0 heterocycles. The molecule has 1 rings (SSSR count). The normalized spacial score (nSPS) is 26.4. The number of allylic oxidation sites excluding steroid dienone is 2. The molecule has 0 bridgehead atoms. The third-order valence-electron chi connectivity index (χ3n) is 2.04. The monoisotopic (exact) mass is 138 g/mol. The number of ketones is 1. The van der Waals surface area contributed by atoms with Crippen molar-refractivity contribution in [1.29, 1.82) is 0 Å². The van der Waals surface area contributed by atoms with Crippen molar-refractivity contribution in [2.75, 3.05) is 0 Å². The molecule has 1 atom stereocenters. The predicted octanol–water partition coefficient (Wildman–Crippen LogP) is 2.32. The Kier molecular flexibility index (Phi) is 2.25. The molecule has 0 aromatic rings. The third kappa shape index (κ3) is 1.47. The Morgan fingerprint density at radius 3 is 2.90 bits per heavy atom.